The average molecular weight is 1260 g/mol. The molecule has 0 aromatic heterocycles. The van der Waals surface area contributed by atoms with Crippen molar-refractivity contribution in [2.75, 3.05) is 146 Å². The van der Waals surface area contributed by atoms with Crippen molar-refractivity contribution < 1.29 is 142 Å². The Hall–Kier alpha value is -2.94. The monoisotopic (exact) mass is 1260 g/mol. The lowest BCUT2D eigenvalue weighted by Gasteiger charge is -2.53. The largest absolute Gasteiger partial charge is 0.382 e. The molecule has 12 bridgehead atoms. The first kappa shape index (κ1) is 71.5. The third-order valence-electron chi connectivity index (χ3n) is 16.6. The Kier molecular flexibility index (Phi) is 28.9. The Labute approximate surface area is 504 Å². The molecule has 22 aliphatic heterocycles. The van der Waals surface area contributed by atoms with Crippen LogP contribution in [0.1, 0.15) is 0 Å². The minimum atomic E-state index is -1.34. The molecular formula is C54H87N3O30. The van der Waals surface area contributed by atoms with E-state index >= 15 is 0 Å². The maximum Gasteiger partial charge on any atom is 0.235 e. The quantitative estimate of drug-likeness (QED) is 0.0730. The van der Waals surface area contributed by atoms with Crippen LogP contribution in [0.5, 0.6) is 0 Å². The normalized spacial score (nSPS) is 44.4. The van der Waals surface area contributed by atoms with E-state index in [-0.39, 0.29) is 39.5 Å². The lowest BCUT2D eigenvalue weighted by molar-refractivity contribution is -0.407. The van der Waals surface area contributed by atoms with Gasteiger partial charge < -0.3 is 128 Å². The molecule has 0 saturated carbocycles. The number of aliphatic imine (C=N–C) groups is 3. The van der Waals surface area contributed by atoms with E-state index in [0.29, 0.717) is 0 Å². The Morgan fingerprint density at radius 2 is 0.402 bits per heavy atom. The van der Waals surface area contributed by atoms with Gasteiger partial charge in [0, 0.05) is 107 Å². The molecule has 33 heteroatoms. The van der Waals surface area contributed by atoms with Gasteiger partial charge in [0.2, 0.25) is 18.2 Å². The third kappa shape index (κ3) is 15.8. The standard InChI is InChI=1S/C54H87N3O30/c1-61-19-28-34-40(67-7)46(73-13)52(79-28)82-31-25(16-55-22-58)77-50(44(71-11)37(31)64-4)86-35-29(20-62-2)81-54(48(75-15)41(35)68-8)84-33-27(18-57-24-60)78-51(45(72-12)39(33)66-6)87-36-30(21-63-3)80-53(47(74-14)42(36)69-9)83-32-26(17-56-23-59)76-49(85-34)43(70-10)38(32)65-5/h25-54H,16-21H2,1-15H3/t25-,26-,27-,28-,29-,30-,31-,32-,33-,34-,35-,36-,37+,38+,39+,40+,41+,42+,43-,44-,45-,46-,47-,48-,49-,50-,51-,52-,53-,54-/m1/s1. The topological polar surface area (TPSA) is 337 Å². The summed E-state index contributed by atoms with van der Waals surface area (Å²) in [4.78, 5) is 47.4. The maximum absolute atomic E-state index is 11.9. The van der Waals surface area contributed by atoms with Gasteiger partial charge in [-0.25, -0.2) is 29.4 Å². The number of ether oxygens (including phenoxy) is 27. The molecule has 0 radical (unpaired) electrons. The Bertz CT molecular complexity index is 1950. The highest BCUT2D eigenvalue weighted by atomic mass is 16.8. The molecule has 0 aromatic carbocycles. The molecule has 87 heavy (non-hydrogen) atoms. The highest BCUT2D eigenvalue weighted by molar-refractivity contribution is 5.33. The van der Waals surface area contributed by atoms with E-state index in [1.807, 2.05) is 0 Å². The molecule has 0 aromatic rings. The van der Waals surface area contributed by atoms with Crippen LogP contribution in [0.3, 0.4) is 0 Å². The summed E-state index contributed by atoms with van der Waals surface area (Å²) in [5.74, 6) is 0. The lowest BCUT2D eigenvalue weighted by Crippen LogP contribution is -2.70. The predicted octanol–water partition coefficient (Wildman–Crippen LogP) is -2.21. The van der Waals surface area contributed by atoms with E-state index in [1.165, 1.54) is 107 Å². The van der Waals surface area contributed by atoms with Crippen LogP contribution in [-0.2, 0) is 142 Å². The van der Waals surface area contributed by atoms with E-state index in [0.717, 1.165) is 0 Å². The van der Waals surface area contributed by atoms with Gasteiger partial charge in [0.1, 0.15) is 146 Å². The zero-order valence-corrected chi connectivity index (χ0v) is 51.7. The maximum atomic E-state index is 11.9. The summed E-state index contributed by atoms with van der Waals surface area (Å²) < 4.78 is 173. The molecule has 498 valence electrons. The molecule has 0 N–H and O–H groups in total. The van der Waals surface area contributed by atoms with Crippen LogP contribution in [0.15, 0.2) is 15.0 Å². The summed E-state index contributed by atoms with van der Waals surface area (Å²) in [5.41, 5.74) is 0. The summed E-state index contributed by atoms with van der Waals surface area (Å²) in [6, 6.07) is 0. The third-order valence-corrected chi connectivity index (χ3v) is 16.6. The van der Waals surface area contributed by atoms with Crippen LogP contribution in [0.2, 0.25) is 0 Å². The SMILES string of the molecule is COC[C@H]1O[C@@H]2O[C@H]3[C@H](OC)[C@@H](OC)[C@@H](O[C@H]4[C@H](OC)[C@@H](OC)[C@@H](O[C@H]5[C@H](OC)[C@@H](OC)[C@@H](O[C@H]6[C@H](OC)[C@@H](OC)[C@@H](O[C@H]7[C@H](OC)[C@@H](OC)[C@@H](O[C@H]1[C@H](OC)[C@H]2OC)O[C@@H]7CN=C=O)O[C@@H]6COC)O[C@@H]5CN=C=O)O[C@@H]4COC)O[C@@H]3CN=C=O. The summed E-state index contributed by atoms with van der Waals surface area (Å²) >= 11 is 0. The van der Waals surface area contributed by atoms with Crippen molar-refractivity contribution in [1.29, 1.82) is 0 Å². The van der Waals surface area contributed by atoms with Crippen molar-refractivity contribution in [3.8, 4) is 0 Å². The first-order valence-electron chi connectivity index (χ1n) is 28.2. The molecular weight excluding hydrogens is 1170 g/mol. The summed E-state index contributed by atoms with van der Waals surface area (Å²) in [7, 11) is 21.5. The van der Waals surface area contributed by atoms with Gasteiger partial charge in [-0.05, 0) is 0 Å². The molecule has 22 heterocycles. The van der Waals surface area contributed by atoms with Gasteiger partial charge >= 0.3 is 0 Å². The first-order chi connectivity index (χ1) is 42.4. The van der Waals surface area contributed by atoms with Gasteiger partial charge in [0.15, 0.2) is 37.7 Å². The number of hydrogen-bond acceptors (Lipinski definition) is 33. The number of hydrogen-bond donors (Lipinski definition) is 0. The average Bonchev–Trinajstić information content (AvgIpc) is 1.24. The molecule has 30 atom stereocenters. The van der Waals surface area contributed by atoms with Crippen LogP contribution >= 0.6 is 0 Å². The molecule has 0 amide bonds. The molecule has 0 spiro atoms. The van der Waals surface area contributed by atoms with Gasteiger partial charge in [0.25, 0.3) is 0 Å². The summed E-state index contributed by atoms with van der Waals surface area (Å²) in [6.45, 7) is -1.30. The van der Waals surface area contributed by atoms with E-state index in [1.54, 1.807) is 18.2 Å². The van der Waals surface area contributed by atoms with Crippen molar-refractivity contribution in [2.45, 2.75) is 184 Å². The van der Waals surface area contributed by atoms with Crippen molar-refractivity contribution in [2.24, 2.45) is 15.0 Å². The van der Waals surface area contributed by atoms with E-state index in [4.69, 9.17) is 128 Å². The van der Waals surface area contributed by atoms with Crippen molar-refractivity contribution in [3.63, 3.8) is 0 Å². The molecule has 0 aliphatic carbocycles. The molecule has 22 rings (SSSR count). The number of isocyanates is 3. The van der Waals surface area contributed by atoms with E-state index in [2.05, 4.69) is 15.0 Å². The number of methoxy groups -OCH3 is 15. The van der Waals surface area contributed by atoms with Crippen LogP contribution in [-0.4, -0.2) is 349 Å². The zero-order chi connectivity index (χ0) is 62.9. The summed E-state index contributed by atoms with van der Waals surface area (Å²) in [6.07, 6.45) is -29.5. The minimum absolute atomic E-state index is 0.109. The van der Waals surface area contributed by atoms with Gasteiger partial charge in [-0.2, -0.15) is 0 Å². The fourth-order valence-corrected chi connectivity index (χ4v) is 12.7. The second-order valence-corrected chi connectivity index (χ2v) is 20.9. The number of carbonyl (C=O) groups excluding carboxylic acids is 3. The van der Waals surface area contributed by atoms with Crippen LogP contribution in [0.25, 0.3) is 0 Å². The number of nitrogens with zero attached hydrogens (tertiary/aromatic N) is 3. The zero-order valence-electron chi connectivity index (χ0n) is 51.7. The van der Waals surface area contributed by atoms with Crippen molar-refractivity contribution >= 4 is 18.2 Å². The van der Waals surface area contributed by atoms with E-state index in [9.17, 15) is 14.4 Å². The predicted molar refractivity (Wildman–Crippen MR) is 285 cm³/mol. The van der Waals surface area contributed by atoms with Gasteiger partial charge in [0.05, 0.1) is 39.5 Å². The fraction of sp³-hybridized carbons (Fsp3) is 0.944. The highest BCUT2D eigenvalue weighted by Gasteiger charge is 2.61. The minimum Gasteiger partial charge on any atom is -0.382 e. The Morgan fingerprint density at radius 3 is 0.552 bits per heavy atom. The molecule has 22 saturated heterocycles. The lowest BCUT2D eigenvalue weighted by atomic mass is 9.94. The van der Waals surface area contributed by atoms with Crippen molar-refractivity contribution in [1.82, 2.24) is 0 Å². The second kappa shape index (κ2) is 35.2. The molecule has 33 nitrogen and oxygen atoms in total. The van der Waals surface area contributed by atoms with Gasteiger partial charge in [-0.1, -0.05) is 0 Å². The molecule has 0 unspecified atom stereocenters. The van der Waals surface area contributed by atoms with Gasteiger partial charge in [-0.3, -0.25) is 0 Å². The first-order valence-corrected chi connectivity index (χ1v) is 28.2. The Balaban J connectivity index is 1.38. The number of rotatable bonds is 24. The van der Waals surface area contributed by atoms with Crippen molar-refractivity contribution in [3.05, 3.63) is 0 Å². The molecule has 22 aliphatic rings. The smallest absolute Gasteiger partial charge is 0.235 e. The fourth-order valence-electron chi connectivity index (χ4n) is 12.7. The van der Waals surface area contributed by atoms with Crippen LogP contribution in [0, 0.1) is 0 Å². The van der Waals surface area contributed by atoms with Crippen LogP contribution < -0.4 is 0 Å². The Morgan fingerprint density at radius 1 is 0.241 bits per heavy atom. The van der Waals surface area contributed by atoms with E-state index < -0.39 is 184 Å². The highest BCUT2D eigenvalue weighted by Crippen LogP contribution is 2.42. The van der Waals surface area contributed by atoms with Crippen LogP contribution in [0.4, 0.5) is 0 Å². The molecule has 22 fully saturated rings. The second-order valence-electron chi connectivity index (χ2n) is 20.9. The summed E-state index contributed by atoms with van der Waals surface area (Å²) in [5, 5.41) is 0. The van der Waals surface area contributed by atoms with Gasteiger partial charge in [-0.15, -0.1) is 0 Å².